The molecular formula is C31H35F2N5O3Si. The van der Waals surface area contributed by atoms with E-state index in [1.54, 1.807) is 24.5 Å². The van der Waals surface area contributed by atoms with Crippen LogP contribution in [0.1, 0.15) is 80.7 Å². The Hall–Kier alpha value is -3.70. The van der Waals surface area contributed by atoms with E-state index < -0.39 is 26.6 Å². The quantitative estimate of drug-likeness (QED) is 0.240. The number of rotatable bonds is 6. The first-order valence-electron chi connectivity index (χ1n) is 14.1. The molecule has 0 saturated heterocycles. The zero-order valence-electron chi connectivity index (χ0n) is 24.8. The molecule has 4 aromatic rings. The number of imidazole rings is 1. The number of hydrogen-bond acceptors (Lipinski definition) is 6. The molecule has 2 bridgehead atoms. The molecule has 1 N–H and O–H groups in total. The Kier molecular flexibility index (Phi) is 6.54. The first-order valence-corrected chi connectivity index (χ1v) is 17.0. The van der Waals surface area contributed by atoms with Crippen molar-refractivity contribution < 1.29 is 22.7 Å². The summed E-state index contributed by atoms with van der Waals surface area (Å²) >= 11 is 0. The maximum Gasteiger partial charge on any atom is 0.387 e. The SMILES string of the molecule is CC(C)(O[Si](C)(C)C(C)(C)C)c1ncc(-c2ccc3nc4n(c3c2)[C@@H]2C[C@H]4NC(=O)c3cccc(OC(F)F)c32)cn1. The van der Waals surface area contributed by atoms with Crippen LogP contribution >= 0.6 is 0 Å². The van der Waals surface area contributed by atoms with Crippen molar-refractivity contribution in [2.75, 3.05) is 0 Å². The van der Waals surface area contributed by atoms with E-state index in [4.69, 9.17) is 24.1 Å². The van der Waals surface area contributed by atoms with Crippen molar-refractivity contribution in [1.82, 2.24) is 24.8 Å². The summed E-state index contributed by atoms with van der Waals surface area (Å²) in [5, 5.41) is 3.08. The molecule has 0 radical (unpaired) electrons. The summed E-state index contributed by atoms with van der Waals surface area (Å²) in [6, 6.07) is 9.82. The van der Waals surface area contributed by atoms with Crippen molar-refractivity contribution >= 4 is 25.3 Å². The van der Waals surface area contributed by atoms with Gasteiger partial charge in [-0.25, -0.2) is 15.0 Å². The Balaban J connectivity index is 1.38. The average molecular weight is 592 g/mol. The second kappa shape index (κ2) is 9.67. The van der Waals surface area contributed by atoms with Gasteiger partial charge in [0.05, 0.1) is 23.1 Å². The highest BCUT2D eigenvalue weighted by Crippen LogP contribution is 2.48. The van der Waals surface area contributed by atoms with Gasteiger partial charge in [0.1, 0.15) is 17.2 Å². The van der Waals surface area contributed by atoms with E-state index in [0.717, 1.165) is 22.2 Å². The van der Waals surface area contributed by atoms with Crippen molar-refractivity contribution in [3.63, 3.8) is 0 Å². The minimum atomic E-state index is -3.01. The number of alkyl halides is 2. The molecule has 0 spiro atoms. The predicted molar refractivity (Wildman–Crippen MR) is 158 cm³/mol. The lowest BCUT2D eigenvalue weighted by molar-refractivity contribution is -0.0507. The van der Waals surface area contributed by atoms with Gasteiger partial charge in [-0.2, -0.15) is 8.78 Å². The number of nitrogens with one attached hydrogen (secondary N) is 1. The van der Waals surface area contributed by atoms with E-state index >= 15 is 0 Å². The molecule has 0 fully saturated rings. The maximum atomic E-state index is 13.3. The van der Waals surface area contributed by atoms with E-state index in [1.807, 2.05) is 36.6 Å². The van der Waals surface area contributed by atoms with Gasteiger partial charge in [0.15, 0.2) is 14.1 Å². The van der Waals surface area contributed by atoms with Crippen LogP contribution in [0.4, 0.5) is 8.78 Å². The third kappa shape index (κ3) is 4.68. The summed E-state index contributed by atoms with van der Waals surface area (Å²) in [6.45, 7) is 12.1. The first-order chi connectivity index (χ1) is 19.7. The van der Waals surface area contributed by atoms with Crippen molar-refractivity contribution in [2.24, 2.45) is 0 Å². The van der Waals surface area contributed by atoms with Gasteiger partial charge in [-0.05, 0) is 68.2 Å². The van der Waals surface area contributed by atoms with E-state index in [9.17, 15) is 13.6 Å². The number of ether oxygens (including phenoxy) is 1. The highest BCUT2D eigenvalue weighted by atomic mass is 28.4. The number of benzene rings is 2. The maximum absolute atomic E-state index is 13.3. The van der Waals surface area contributed by atoms with Gasteiger partial charge >= 0.3 is 6.61 Å². The molecule has 2 aliphatic rings. The van der Waals surface area contributed by atoms with Gasteiger partial charge in [0.25, 0.3) is 5.91 Å². The molecule has 42 heavy (non-hydrogen) atoms. The van der Waals surface area contributed by atoms with Crippen molar-refractivity contribution in [1.29, 1.82) is 0 Å². The zero-order chi connectivity index (χ0) is 30.2. The van der Waals surface area contributed by atoms with Gasteiger partial charge in [0.2, 0.25) is 0 Å². The molecule has 2 aliphatic heterocycles. The molecule has 0 aliphatic carbocycles. The highest BCUT2D eigenvalue weighted by molar-refractivity contribution is 6.74. The Labute approximate surface area is 244 Å². The predicted octanol–water partition coefficient (Wildman–Crippen LogP) is 7.13. The Bertz CT molecular complexity index is 1700. The van der Waals surface area contributed by atoms with E-state index in [1.165, 1.54) is 6.07 Å². The molecule has 0 saturated carbocycles. The lowest BCUT2D eigenvalue weighted by atomic mass is 9.97. The van der Waals surface area contributed by atoms with Gasteiger partial charge in [-0.15, -0.1) is 0 Å². The number of carbonyl (C=O) groups is 1. The molecule has 4 heterocycles. The summed E-state index contributed by atoms with van der Waals surface area (Å²) in [5.41, 5.74) is 3.41. The summed E-state index contributed by atoms with van der Waals surface area (Å²) in [5.74, 6) is 0.982. The number of hydrogen-bond donors (Lipinski definition) is 1. The molecule has 0 unspecified atom stereocenters. The topological polar surface area (TPSA) is 91.2 Å². The standard InChI is InChI=1S/C31H35F2N5O3Si/c1-30(2,3)42(6,7)41-31(4,5)28-34-15-18(16-35-28)17-11-12-20-22(13-17)38-23-14-21(26(38)36-20)37-27(39)19-9-8-10-24(25(19)23)40-29(32)33/h8-13,15-16,21,23,29H,14H2,1-7H3,(H,37,39)/t21-,23-/m1/s1. The van der Waals surface area contributed by atoms with Crippen LogP contribution in [0.2, 0.25) is 18.1 Å². The minimum absolute atomic E-state index is 0.000626. The van der Waals surface area contributed by atoms with Crippen molar-refractivity contribution in [3.05, 3.63) is 71.6 Å². The number of halogens is 2. The second-order valence-corrected chi connectivity index (χ2v) is 17.8. The molecule has 6 rings (SSSR count). The number of nitrogens with zero attached hydrogens (tertiary/aromatic N) is 4. The van der Waals surface area contributed by atoms with Crippen molar-refractivity contribution in [3.8, 4) is 16.9 Å². The van der Waals surface area contributed by atoms with Crippen LogP contribution in [0.3, 0.4) is 0 Å². The summed E-state index contributed by atoms with van der Waals surface area (Å²) in [4.78, 5) is 27.2. The van der Waals surface area contributed by atoms with Gasteiger partial charge in [-0.3, -0.25) is 4.79 Å². The smallest absolute Gasteiger partial charge is 0.387 e. The fourth-order valence-electron chi connectivity index (χ4n) is 5.81. The molecule has 1 amide bonds. The van der Waals surface area contributed by atoms with Gasteiger partial charge < -0.3 is 19.0 Å². The Morgan fingerprint density at radius 1 is 1.05 bits per heavy atom. The molecule has 2 atom stereocenters. The summed E-state index contributed by atoms with van der Waals surface area (Å²) in [7, 11) is -2.06. The molecule has 8 nitrogen and oxygen atoms in total. The van der Waals surface area contributed by atoms with Crippen LogP contribution in [-0.2, 0) is 10.0 Å². The normalized spacial score (nSPS) is 18.6. The number of carbonyl (C=O) groups excluding carboxylic acids is 1. The van der Waals surface area contributed by atoms with Gasteiger partial charge in [0, 0.05) is 29.1 Å². The Morgan fingerprint density at radius 2 is 1.76 bits per heavy atom. The third-order valence-electron chi connectivity index (χ3n) is 8.80. The molecular weight excluding hydrogens is 556 g/mol. The van der Waals surface area contributed by atoms with Crippen LogP contribution in [0.15, 0.2) is 48.8 Å². The van der Waals surface area contributed by atoms with Crippen LogP contribution < -0.4 is 10.1 Å². The van der Waals surface area contributed by atoms with E-state index in [-0.39, 0.29) is 22.7 Å². The fraction of sp³-hybridized carbons (Fsp3) is 0.419. The monoisotopic (exact) mass is 591 g/mol. The fourth-order valence-corrected chi connectivity index (χ4v) is 7.49. The summed E-state index contributed by atoms with van der Waals surface area (Å²) < 4.78 is 40.2. The van der Waals surface area contributed by atoms with Crippen LogP contribution in [0.25, 0.3) is 22.2 Å². The van der Waals surface area contributed by atoms with Crippen LogP contribution in [0, 0.1) is 0 Å². The number of aromatic nitrogens is 4. The van der Waals surface area contributed by atoms with E-state index in [2.05, 4.69) is 39.2 Å². The first kappa shape index (κ1) is 28.4. The summed E-state index contributed by atoms with van der Waals surface area (Å²) in [6.07, 6.45) is 4.09. The molecule has 11 heteroatoms. The Morgan fingerprint density at radius 3 is 2.43 bits per heavy atom. The zero-order valence-corrected chi connectivity index (χ0v) is 25.8. The lowest BCUT2D eigenvalue weighted by Gasteiger charge is -2.42. The van der Waals surface area contributed by atoms with Crippen LogP contribution in [-0.4, -0.2) is 40.4 Å². The third-order valence-corrected chi connectivity index (χ3v) is 13.4. The largest absolute Gasteiger partial charge is 0.434 e. The van der Waals surface area contributed by atoms with Crippen LogP contribution in [0.5, 0.6) is 5.75 Å². The molecule has 220 valence electrons. The average Bonchev–Trinajstić information content (AvgIpc) is 3.39. The van der Waals surface area contributed by atoms with E-state index in [0.29, 0.717) is 29.2 Å². The molecule has 2 aromatic heterocycles. The van der Waals surface area contributed by atoms with Gasteiger partial charge in [-0.1, -0.05) is 32.9 Å². The van der Waals surface area contributed by atoms with Crippen molar-refractivity contribution in [2.45, 2.75) is 83.5 Å². The lowest BCUT2D eigenvalue weighted by Crippen LogP contribution is -2.46. The number of amides is 1. The highest BCUT2D eigenvalue weighted by Gasteiger charge is 2.44. The molecule has 2 aromatic carbocycles. The second-order valence-electron chi connectivity index (χ2n) is 13.1. The number of fused-ring (bicyclic) bond motifs is 9. The minimum Gasteiger partial charge on any atom is -0.434 e.